The molecule has 1 rings (SSSR count). The van der Waals surface area contributed by atoms with Crippen molar-refractivity contribution >= 4 is 0 Å². The molecule has 2 unspecified atom stereocenters. The lowest BCUT2D eigenvalue weighted by atomic mass is 9.75. The number of hydrogen-bond acceptors (Lipinski definition) is 2. The standard InChI is InChI=1S/C10H21NO/c1-10(2,3)8-7-11-6-5-9(8)12-4/h8-9,11H,5-7H2,1-4H3. The van der Waals surface area contributed by atoms with Crippen LogP contribution in [-0.2, 0) is 4.74 Å². The SMILES string of the molecule is COC1CCNCC1C(C)(C)C. The molecule has 12 heavy (non-hydrogen) atoms. The summed E-state index contributed by atoms with van der Waals surface area (Å²) in [5, 5.41) is 3.43. The van der Waals surface area contributed by atoms with Crippen molar-refractivity contribution in [3.05, 3.63) is 0 Å². The number of hydrogen-bond donors (Lipinski definition) is 1. The third kappa shape index (κ3) is 2.20. The van der Waals surface area contributed by atoms with Gasteiger partial charge in [-0.15, -0.1) is 0 Å². The van der Waals surface area contributed by atoms with Gasteiger partial charge in [-0.3, -0.25) is 0 Å². The fraction of sp³-hybridized carbons (Fsp3) is 1.00. The second-order valence-electron chi connectivity index (χ2n) is 4.74. The lowest BCUT2D eigenvalue weighted by molar-refractivity contribution is -0.0137. The third-order valence-electron chi connectivity index (χ3n) is 2.83. The highest BCUT2D eigenvalue weighted by molar-refractivity contribution is 4.86. The first-order chi connectivity index (χ1) is 5.55. The van der Waals surface area contributed by atoms with Gasteiger partial charge in [-0.1, -0.05) is 20.8 Å². The summed E-state index contributed by atoms with van der Waals surface area (Å²) in [5.41, 5.74) is 0.355. The Morgan fingerprint density at radius 2 is 2.00 bits per heavy atom. The molecule has 0 aromatic heterocycles. The molecule has 0 bridgehead atoms. The van der Waals surface area contributed by atoms with E-state index >= 15 is 0 Å². The highest BCUT2D eigenvalue weighted by Crippen LogP contribution is 2.32. The topological polar surface area (TPSA) is 21.3 Å². The summed E-state index contributed by atoms with van der Waals surface area (Å²) in [4.78, 5) is 0. The van der Waals surface area contributed by atoms with Crippen molar-refractivity contribution in [2.75, 3.05) is 20.2 Å². The summed E-state index contributed by atoms with van der Waals surface area (Å²) < 4.78 is 5.49. The maximum Gasteiger partial charge on any atom is 0.0628 e. The Labute approximate surface area is 75.7 Å². The molecule has 1 heterocycles. The summed E-state index contributed by atoms with van der Waals surface area (Å²) in [6.45, 7) is 9.07. The molecule has 1 aliphatic rings. The van der Waals surface area contributed by atoms with Crippen LogP contribution in [-0.4, -0.2) is 26.3 Å². The van der Waals surface area contributed by atoms with Crippen molar-refractivity contribution in [2.24, 2.45) is 11.3 Å². The second-order valence-corrected chi connectivity index (χ2v) is 4.74. The van der Waals surface area contributed by atoms with Gasteiger partial charge in [-0.2, -0.15) is 0 Å². The molecule has 1 saturated heterocycles. The Hall–Kier alpha value is -0.0800. The van der Waals surface area contributed by atoms with Crippen molar-refractivity contribution in [2.45, 2.75) is 33.3 Å². The maximum atomic E-state index is 5.49. The first-order valence-corrected chi connectivity index (χ1v) is 4.79. The Bertz CT molecular complexity index is 139. The zero-order valence-electron chi connectivity index (χ0n) is 8.68. The van der Waals surface area contributed by atoms with Crippen molar-refractivity contribution in [1.82, 2.24) is 5.32 Å². The van der Waals surface area contributed by atoms with Crippen LogP contribution in [0.2, 0.25) is 0 Å². The predicted molar refractivity (Wildman–Crippen MR) is 51.2 cm³/mol. The monoisotopic (exact) mass is 171 g/mol. The van der Waals surface area contributed by atoms with Crippen molar-refractivity contribution < 1.29 is 4.74 Å². The number of piperidine rings is 1. The second kappa shape index (κ2) is 3.75. The fourth-order valence-corrected chi connectivity index (χ4v) is 1.98. The quantitative estimate of drug-likeness (QED) is 0.648. The van der Waals surface area contributed by atoms with Gasteiger partial charge in [0.15, 0.2) is 0 Å². The molecule has 0 amide bonds. The van der Waals surface area contributed by atoms with Gasteiger partial charge in [0.05, 0.1) is 6.10 Å². The smallest absolute Gasteiger partial charge is 0.0628 e. The van der Waals surface area contributed by atoms with Gasteiger partial charge < -0.3 is 10.1 Å². The number of nitrogens with one attached hydrogen (secondary N) is 1. The molecular weight excluding hydrogens is 150 g/mol. The van der Waals surface area contributed by atoms with E-state index in [0.717, 1.165) is 19.5 Å². The van der Waals surface area contributed by atoms with E-state index < -0.39 is 0 Å². The molecular formula is C10H21NO. The first kappa shape index (κ1) is 10.0. The van der Waals surface area contributed by atoms with Crippen molar-refractivity contribution in [3.63, 3.8) is 0 Å². The molecule has 1 aliphatic heterocycles. The van der Waals surface area contributed by atoms with Gasteiger partial charge in [-0.05, 0) is 18.4 Å². The first-order valence-electron chi connectivity index (χ1n) is 4.79. The molecule has 0 saturated carbocycles. The van der Waals surface area contributed by atoms with Gasteiger partial charge >= 0.3 is 0 Å². The van der Waals surface area contributed by atoms with E-state index in [4.69, 9.17) is 4.74 Å². The highest BCUT2D eigenvalue weighted by atomic mass is 16.5. The summed E-state index contributed by atoms with van der Waals surface area (Å²) in [5.74, 6) is 0.649. The summed E-state index contributed by atoms with van der Waals surface area (Å²) >= 11 is 0. The highest BCUT2D eigenvalue weighted by Gasteiger charge is 2.33. The molecule has 2 nitrogen and oxygen atoms in total. The van der Waals surface area contributed by atoms with E-state index in [1.807, 2.05) is 7.11 Å². The lowest BCUT2D eigenvalue weighted by Gasteiger charge is -2.39. The van der Waals surface area contributed by atoms with E-state index in [1.165, 1.54) is 0 Å². The molecule has 72 valence electrons. The largest absolute Gasteiger partial charge is 0.381 e. The van der Waals surface area contributed by atoms with Crippen molar-refractivity contribution in [3.8, 4) is 0 Å². The lowest BCUT2D eigenvalue weighted by Crippen LogP contribution is -2.46. The van der Waals surface area contributed by atoms with Gasteiger partial charge in [0.25, 0.3) is 0 Å². The van der Waals surface area contributed by atoms with Crippen LogP contribution >= 0.6 is 0 Å². The van der Waals surface area contributed by atoms with Gasteiger partial charge in [0.2, 0.25) is 0 Å². The number of ether oxygens (including phenoxy) is 1. The average molecular weight is 171 g/mol. The molecule has 2 atom stereocenters. The number of methoxy groups -OCH3 is 1. The zero-order chi connectivity index (χ0) is 9.19. The Kier molecular flexibility index (Phi) is 3.13. The molecule has 0 aromatic rings. The normalized spacial score (nSPS) is 32.0. The van der Waals surface area contributed by atoms with Crippen LogP contribution in [0.3, 0.4) is 0 Å². The Morgan fingerprint density at radius 1 is 1.33 bits per heavy atom. The molecule has 1 fully saturated rings. The van der Waals surface area contributed by atoms with Crippen LogP contribution in [0.5, 0.6) is 0 Å². The summed E-state index contributed by atoms with van der Waals surface area (Å²) in [6.07, 6.45) is 1.60. The van der Waals surface area contributed by atoms with Crippen LogP contribution in [0, 0.1) is 11.3 Å². The minimum absolute atomic E-state index is 0.355. The van der Waals surface area contributed by atoms with Crippen LogP contribution in [0.15, 0.2) is 0 Å². The van der Waals surface area contributed by atoms with E-state index in [0.29, 0.717) is 17.4 Å². The average Bonchev–Trinajstić information content (AvgIpc) is 2.03. The zero-order valence-corrected chi connectivity index (χ0v) is 8.68. The summed E-state index contributed by atoms with van der Waals surface area (Å²) in [6, 6.07) is 0. The van der Waals surface area contributed by atoms with Crippen LogP contribution < -0.4 is 5.32 Å². The minimum Gasteiger partial charge on any atom is -0.381 e. The van der Waals surface area contributed by atoms with Crippen LogP contribution in [0.4, 0.5) is 0 Å². The molecule has 1 N–H and O–H groups in total. The predicted octanol–water partition coefficient (Wildman–Crippen LogP) is 1.66. The third-order valence-corrected chi connectivity index (χ3v) is 2.83. The Balaban J connectivity index is 2.59. The Morgan fingerprint density at radius 3 is 2.42 bits per heavy atom. The van der Waals surface area contributed by atoms with Crippen LogP contribution in [0.25, 0.3) is 0 Å². The molecule has 0 aromatic carbocycles. The van der Waals surface area contributed by atoms with Gasteiger partial charge in [-0.25, -0.2) is 0 Å². The maximum absolute atomic E-state index is 5.49. The molecule has 0 spiro atoms. The number of rotatable bonds is 1. The molecule has 0 radical (unpaired) electrons. The minimum atomic E-state index is 0.355. The van der Waals surface area contributed by atoms with Crippen molar-refractivity contribution in [1.29, 1.82) is 0 Å². The van der Waals surface area contributed by atoms with E-state index in [2.05, 4.69) is 26.1 Å². The van der Waals surface area contributed by atoms with Gasteiger partial charge in [0.1, 0.15) is 0 Å². The van der Waals surface area contributed by atoms with Gasteiger partial charge in [0, 0.05) is 19.6 Å². The van der Waals surface area contributed by atoms with E-state index in [9.17, 15) is 0 Å². The molecule has 0 aliphatic carbocycles. The summed E-state index contributed by atoms with van der Waals surface area (Å²) in [7, 11) is 1.83. The molecule has 2 heteroatoms. The van der Waals surface area contributed by atoms with E-state index in [1.54, 1.807) is 0 Å². The van der Waals surface area contributed by atoms with E-state index in [-0.39, 0.29) is 0 Å². The fourth-order valence-electron chi connectivity index (χ4n) is 1.98. The van der Waals surface area contributed by atoms with Crippen LogP contribution in [0.1, 0.15) is 27.2 Å².